The molecule has 160 valence electrons. The number of rotatable bonds is 6. The molecule has 0 aliphatic carbocycles. The highest BCUT2D eigenvalue weighted by Gasteiger charge is 2.23. The Bertz CT molecular complexity index is 1360. The first kappa shape index (κ1) is 21.0. The topological polar surface area (TPSA) is 123 Å². The zero-order valence-electron chi connectivity index (χ0n) is 15.3. The summed E-state index contributed by atoms with van der Waals surface area (Å²) in [5.74, 6) is -1.52. The van der Waals surface area contributed by atoms with E-state index in [2.05, 4.69) is 19.9 Å². The number of H-pyrrole nitrogens is 1. The molecule has 0 spiro atoms. The molecule has 2 aromatic carbocycles. The lowest BCUT2D eigenvalue weighted by atomic mass is 10.1. The highest BCUT2D eigenvalue weighted by molar-refractivity contribution is 7.92. The number of nitrogens with two attached hydrogens (primary N) is 1. The lowest BCUT2D eigenvalue weighted by molar-refractivity contribution is 0.473. The van der Waals surface area contributed by atoms with E-state index >= 15 is 0 Å². The Morgan fingerprint density at radius 3 is 2.65 bits per heavy atom. The van der Waals surface area contributed by atoms with Gasteiger partial charge in [-0.15, -0.1) is 11.3 Å². The van der Waals surface area contributed by atoms with Crippen molar-refractivity contribution in [3.05, 3.63) is 64.1 Å². The molecule has 0 saturated carbocycles. The maximum atomic E-state index is 14.7. The van der Waals surface area contributed by atoms with Gasteiger partial charge in [-0.1, -0.05) is 11.6 Å². The number of nitrogens with zero attached hydrogens (tertiary/aromatic N) is 2. The monoisotopic (exact) mass is 483 g/mol. The van der Waals surface area contributed by atoms with Crippen LogP contribution in [0.2, 0.25) is 5.02 Å². The number of ether oxygens (including phenoxy) is 1. The molecular formula is C18H12ClF2N5O3S2. The number of sulfonamides is 1. The van der Waals surface area contributed by atoms with Gasteiger partial charge in [0.1, 0.15) is 33.8 Å². The standard InChI is InChI=1S/C18H12ClF2N5O3S2/c19-12-4-16(31(27,28)26-17-7-30-8-23-17)13(21)5-15(12)29-14-2-1-9(20)3-10(14)11-6-24-25-18(11)22/h1-8,26H,(H3,22,24,25). The highest BCUT2D eigenvalue weighted by Crippen LogP contribution is 2.39. The van der Waals surface area contributed by atoms with Gasteiger partial charge < -0.3 is 10.5 Å². The predicted molar refractivity (Wildman–Crippen MR) is 113 cm³/mol. The van der Waals surface area contributed by atoms with E-state index in [1.54, 1.807) is 0 Å². The Hall–Kier alpha value is -3.22. The van der Waals surface area contributed by atoms with Crippen molar-refractivity contribution in [2.75, 3.05) is 10.5 Å². The van der Waals surface area contributed by atoms with Gasteiger partial charge in [0, 0.05) is 22.6 Å². The van der Waals surface area contributed by atoms with Gasteiger partial charge in [0.05, 0.1) is 16.7 Å². The van der Waals surface area contributed by atoms with Crippen molar-refractivity contribution in [1.29, 1.82) is 0 Å². The third-order valence-corrected chi connectivity index (χ3v) is 6.32. The number of hydrogen-bond donors (Lipinski definition) is 3. The third-order valence-electron chi connectivity index (χ3n) is 4.07. The summed E-state index contributed by atoms with van der Waals surface area (Å²) in [6, 6.07) is 5.34. The lowest BCUT2D eigenvalue weighted by Gasteiger charge is -2.14. The Balaban J connectivity index is 1.70. The van der Waals surface area contributed by atoms with Gasteiger partial charge in [-0.3, -0.25) is 9.82 Å². The fourth-order valence-corrected chi connectivity index (χ4v) is 4.59. The summed E-state index contributed by atoms with van der Waals surface area (Å²) in [5.41, 5.74) is 7.82. The number of anilines is 2. The van der Waals surface area contributed by atoms with Gasteiger partial charge in [0.2, 0.25) is 0 Å². The average Bonchev–Trinajstić information content (AvgIpc) is 3.36. The van der Waals surface area contributed by atoms with Crippen LogP contribution in [0.5, 0.6) is 11.5 Å². The normalized spacial score (nSPS) is 11.5. The number of thiazole rings is 1. The largest absolute Gasteiger partial charge is 0.455 e. The van der Waals surface area contributed by atoms with Crippen LogP contribution in [0.3, 0.4) is 0 Å². The summed E-state index contributed by atoms with van der Waals surface area (Å²) < 4.78 is 61.3. The van der Waals surface area contributed by atoms with E-state index in [-0.39, 0.29) is 33.7 Å². The number of hydrogen-bond acceptors (Lipinski definition) is 7. The zero-order valence-corrected chi connectivity index (χ0v) is 17.7. The van der Waals surface area contributed by atoms with Crippen molar-refractivity contribution >= 4 is 44.6 Å². The second-order valence-electron chi connectivity index (χ2n) is 6.13. The van der Waals surface area contributed by atoms with Gasteiger partial charge >= 0.3 is 0 Å². The van der Waals surface area contributed by atoms with Crippen LogP contribution in [0.1, 0.15) is 0 Å². The van der Waals surface area contributed by atoms with E-state index in [0.29, 0.717) is 5.56 Å². The van der Waals surface area contributed by atoms with Gasteiger partial charge in [0.15, 0.2) is 5.82 Å². The number of nitrogens with one attached hydrogen (secondary N) is 2. The summed E-state index contributed by atoms with van der Waals surface area (Å²) in [7, 11) is -4.28. The number of aromatic nitrogens is 3. The number of nitrogen functional groups attached to an aromatic ring is 1. The molecular weight excluding hydrogens is 472 g/mol. The Kier molecular flexibility index (Phi) is 5.52. The maximum absolute atomic E-state index is 14.7. The van der Waals surface area contributed by atoms with Crippen LogP contribution in [0.15, 0.2) is 52.3 Å². The molecule has 4 rings (SSSR count). The molecule has 0 amide bonds. The van der Waals surface area contributed by atoms with Crippen LogP contribution in [-0.2, 0) is 10.0 Å². The number of benzene rings is 2. The molecule has 13 heteroatoms. The minimum Gasteiger partial charge on any atom is -0.455 e. The SMILES string of the molecule is Nc1[nH]ncc1-c1cc(F)ccc1Oc1cc(F)c(S(=O)(=O)Nc2cscn2)cc1Cl. The van der Waals surface area contributed by atoms with Crippen LogP contribution in [0.25, 0.3) is 11.1 Å². The Labute approximate surface area is 183 Å². The van der Waals surface area contributed by atoms with Gasteiger partial charge in [-0.25, -0.2) is 22.2 Å². The molecule has 0 bridgehead atoms. The molecule has 2 heterocycles. The van der Waals surface area contributed by atoms with Crippen LogP contribution in [-0.4, -0.2) is 23.6 Å². The molecule has 0 aliphatic rings. The number of aromatic amines is 1. The van der Waals surface area contributed by atoms with Crippen LogP contribution >= 0.6 is 22.9 Å². The Morgan fingerprint density at radius 2 is 1.97 bits per heavy atom. The molecule has 31 heavy (non-hydrogen) atoms. The van der Waals surface area contributed by atoms with E-state index < -0.39 is 26.6 Å². The average molecular weight is 484 g/mol. The quantitative estimate of drug-likeness (QED) is 0.367. The fourth-order valence-electron chi connectivity index (χ4n) is 2.68. The van der Waals surface area contributed by atoms with Gasteiger partial charge in [-0.05, 0) is 24.3 Å². The van der Waals surface area contributed by atoms with Crippen molar-refractivity contribution in [2.24, 2.45) is 0 Å². The lowest BCUT2D eigenvalue weighted by Crippen LogP contribution is -2.15. The molecule has 0 saturated heterocycles. The minimum atomic E-state index is -4.28. The Morgan fingerprint density at radius 1 is 1.16 bits per heavy atom. The smallest absolute Gasteiger partial charge is 0.266 e. The maximum Gasteiger partial charge on any atom is 0.266 e. The van der Waals surface area contributed by atoms with E-state index in [0.717, 1.165) is 24.3 Å². The van der Waals surface area contributed by atoms with Crippen molar-refractivity contribution < 1.29 is 21.9 Å². The van der Waals surface area contributed by atoms with Crippen LogP contribution in [0.4, 0.5) is 20.4 Å². The predicted octanol–water partition coefficient (Wildman–Crippen LogP) is 4.64. The van der Waals surface area contributed by atoms with Crippen LogP contribution < -0.4 is 15.2 Å². The first-order chi connectivity index (χ1) is 14.7. The second-order valence-corrected chi connectivity index (χ2v) is 8.91. The van der Waals surface area contributed by atoms with Crippen molar-refractivity contribution in [3.63, 3.8) is 0 Å². The van der Waals surface area contributed by atoms with Gasteiger partial charge in [-0.2, -0.15) is 5.10 Å². The molecule has 4 aromatic rings. The second kappa shape index (κ2) is 8.13. The van der Waals surface area contributed by atoms with E-state index in [1.807, 2.05) is 0 Å². The van der Waals surface area contributed by atoms with E-state index in [9.17, 15) is 17.2 Å². The molecule has 0 fully saturated rings. The first-order valence-electron chi connectivity index (χ1n) is 8.41. The molecule has 2 aromatic heterocycles. The molecule has 0 unspecified atom stereocenters. The molecule has 0 radical (unpaired) electrons. The van der Waals surface area contributed by atoms with Crippen molar-refractivity contribution in [2.45, 2.75) is 4.90 Å². The summed E-state index contributed by atoms with van der Waals surface area (Å²) in [5, 5.41) is 7.58. The van der Waals surface area contributed by atoms with E-state index in [1.165, 1.54) is 34.5 Å². The molecule has 8 nitrogen and oxygen atoms in total. The first-order valence-corrected chi connectivity index (χ1v) is 11.2. The van der Waals surface area contributed by atoms with Crippen molar-refractivity contribution in [1.82, 2.24) is 15.2 Å². The molecule has 4 N–H and O–H groups in total. The summed E-state index contributed by atoms with van der Waals surface area (Å²) >= 11 is 7.33. The summed E-state index contributed by atoms with van der Waals surface area (Å²) in [4.78, 5) is 3.12. The number of halogens is 3. The third kappa shape index (κ3) is 4.31. The van der Waals surface area contributed by atoms with Crippen molar-refractivity contribution in [3.8, 4) is 22.6 Å². The summed E-state index contributed by atoms with van der Waals surface area (Å²) in [6.45, 7) is 0. The fraction of sp³-hybridized carbons (Fsp3) is 0. The minimum absolute atomic E-state index is 0.0505. The highest BCUT2D eigenvalue weighted by atomic mass is 35.5. The zero-order chi connectivity index (χ0) is 22.2. The summed E-state index contributed by atoms with van der Waals surface area (Å²) in [6.07, 6.45) is 1.37. The van der Waals surface area contributed by atoms with E-state index in [4.69, 9.17) is 22.1 Å². The molecule has 0 aliphatic heterocycles. The van der Waals surface area contributed by atoms with Gasteiger partial charge in [0.25, 0.3) is 10.0 Å². The molecule has 0 atom stereocenters. The van der Waals surface area contributed by atoms with Crippen LogP contribution in [0, 0.1) is 11.6 Å².